The summed E-state index contributed by atoms with van der Waals surface area (Å²) in [5.41, 5.74) is 11.3. The fraction of sp³-hybridized carbons (Fsp3) is 0.588. The monoisotopic (exact) mass is 672 g/mol. The molecule has 4 N–H and O–H groups in total. The minimum atomic E-state index is -3.59. The smallest absolute Gasteiger partial charge is 0.332 e. The summed E-state index contributed by atoms with van der Waals surface area (Å²) >= 11 is 0. The van der Waals surface area contributed by atoms with Gasteiger partial charge in [0.15, 0.2) is 0 Å². The molecule has 4 aliphatic carbocycles. The van der Waals surface area contributed by atoms with Crippen molar-refractivity contribution in [2.45, 2.75) is 105 Å². The lowest BCUT2D eigenvalue weighted by molar-refractivity contribution is 0.256. The second kappa shape index (κ2) is 15.2. The maximum absolute atomic E-state index is 12.2. The van der Waals surface area contributed by atoms with Gasteiger partial charge in [0.05, 0.1) is 11.5 Å². The molecule has 0 spiro atoms. The zero-order valence-electron chi connectivity index (χ0n) is 27.5. The minimum absolute atomic E-state index is 0.0227. The summed E-state index contributed by atoms with van der Waals surface area (Å²) in [4.78, 5) is 12.2. The fourth-order valence-corrected chi connectivity index (χ4v) is 9.35. The van der Waals surface area contributed by atoms with Crippen LogP contribution in [0.15, 0.2) is 12.1 Å². The number of aryl methyl sites for hydroxylation is 4. The van der Waals surface area contributed by atoms with Crippen LogP contribution in [0.1, 0.15) is 97.9 Å². The van der Waals surface area contributed by atoms with Crippen molar-refractivity contribution < 1.29 is 26.4 Å². The Bertz CT molecular complexity index is 1650. The topological polar surface area (TPSA) is 168 Å². The first-order valence-electron chi connectivity index (χ1n) is 16.4. The van der Waals surface area contributed by atoms with Gasteiger partial charge in [0.2, 0.25) is 20.0 Å². The van der Waals surface area contributed by atoms with Crippen LogP contribution in [0.2, 0.25) is 0 Å². The van der Waals surface area contributed by atoms with Crippen molar-refractivity contribution in [3.63, 3.8) is 0 Å². The van der Waals surface area contributed by atoms with E-state index in [1.165, 1.54) is 57.3 Å². The van der Waals surface area contributed by atoms with Gasteiger partial charge in [-0.1, -0.05) is 39.8 Å². The molecule has 0 bridgehead atoms. The molecule has 0 aromatic heterocycles. The number of carbonyl (C=O) groups is 1. The third-order valence-corrected chi connectivity index (χ3v) is 11.4. The van der Waals surface area contributed by atoms with Crippen LogP contribution >= 0.6 is 0 Å². The molecular weight excluding hydrogens is 625 g/mol. The molecule has 0 saturated heterocycles. The van der Waals surface area contributed by atoms with E-state index in [0.717, 1.165) is 75.6 Å². The number of ether oxygens (including phenoxy) is 1. The van der Waals surface area contributed by atoms with Crippen LogP contribution in [-0.4, -0.2) is 34.4 Å². The molecule has 0 saturated carbocycles. The molecule has 0 aliphatic heterocycles. The van der Waals surface area contributed by atoms with E-state index in [4.69, 9.17) is 15.1 Å². The standard InChI is InChI=1S/C17H24N2O3S.C13H13NO.C4H11NO2S/c1-11(2)10-23(21,22)19-17(20)18-16-14-7-3-5-12(14)9-13-6-4-8-15(13)16;14-8-15-13-11-5-1-3-9(11)7-10-4-2-6-12(10)13;1-4(2)3-8(5,6)7/h9,11H,3-8,10H2,1-2H3,(H2,18,19,20);7H,1-6H2;4H,3H2,1-2H3,(H2,5,6,7). The van der Waals surface area contributed by atoms with Crippen LogP contribution in [0.3, 0.4) is 0 Å². The van der Waals surface area contributed by atoms with Gasteiger partial charge in [0, 0.05) is 5.69 Å². The number of nitrogens with one attached hydrogen (secondary N) is 2. The number of hydrogen-bond acceptors (Lipinski definition) is 7. The first-order valence-corrected chi connectivity index (χ1v) is 19.7. The van der Waals surface area contributed by atoms with E-state index in [1.54, 1.807) is 0 Å². The van der Waals surface area contributed by atoms with Gasteiger partial charge >= 0.3 is 6.03 Å². The number of carbonyl (C=O) groups excluding carboxylic acids is 1. The van der Waals surface area contributed by atoms with E-state index in [-0.39, 0.29) is 23.3 Å². The Hall–Kier alpha value is -3.14. The Labute approximate surface area is 274 Å². The number of nitrogens with two attached hydrogens (primary N) is 1. The number of hydrogen-bond donors (Lipinski definition) is 3. The zero-order valence-corrected chi connectivity index (χ0v) is 29.1. The van der Waals surface area contributed by atoms with Gasteiger partial charge in [-0.15, -0.1) is 5.26 Å². The number of nitrogens with zero attached hydrogens (tertiary/aromatic N) is 1. The molecule has 252 valence electrons. The first kappa shape index (κ1) is 35.7. The second-order valence-corrected chi connectivity index (χ2v) is 17.0. The van der Waals surface area contributed by atoms with Crippen molar-refractivity contribution in [2.75, 3.05) is 16.8 Å². The van der Waals surface area contributed by atoms with Crippen LogP contribution in [0, 0.1) is 23.4 Å². The zero-order chi connectivity index (χ0) is 33.6. The number of benzene rings is 2. The number of primary sulfonamides is 1. The van der Waals surface area contributed by atoms with Crippen molar-refractivity contribution in [1.82, 2.24) is 4.72 Å². The molecule has 4 aliphatic rings. The highest BCUT2D eigenvalue weighted by Crippen LogP contribution is 2.40. The molecule has 6 rings (SSSR count). The molecule has 2 aromatic carbocycles. The van der Waals surface area contributed by atoms with Gasteiger partial charge in [0.25, 0.3) is 6.26 Å². The normalized spacial score (nSPS) is 15.9. The lowest BCUT2D eigenvalue weighted by Gasteiger charge is -2.17. The van der Waals surface area contributed by atoms with Crippen molar-refractivity contribution in [2.24, 2.45) is 17.0 Å². The summed E-state index contributed by atoms with van der Waals surface area (Å²) in [6.07, 6.45) is 14.9. The van der Waals surface area contributed by atoms with Crippen LogP contribution in [0.5, 0.6) is 5.75 Å². The predicted octanol–water partition coefficient (Wildman–Crippen LogP) is 5.23. The molecule has 0 atom stereocenters. The van der Waals surface area contributed by atoms with Crippen molar-refractivity contribution in [1.29, 1.82) is 5.26 Å². The number of rotatable bonds is 7. The van der Waals surface area contributed by atoms with E-state index in [2.05, 4.69) is 22.2 Å². The molecule has 46 heavy (non-hydrogen) atoms. The van der Waals surface area contributed by atoms with Crippen LogP contribution in [0.4, 0.5) is 10.5 Å². The number of sulfonamides is 2. The molecule has 0 unspecified atom stereocenters. The van der Waals surface area contributed by atoms with E-state index in [1.807, 2.05) is 34.0 Å². The fourth-order valence-electron chi connectivity index (χ4n) is 7.13. The van der Waals surface area contributed by atoms with Gasteiger partial charge in [-0.25, -0.2) is 31.5 Å². The quantitative estimate of drug-likeness (QED) is 0.339. The summed E-state index contributed by atoms with van der Waals surface area (Å²) in [7, 11) is -6.81. The van der Waals surface area contributed by atoms with Crippen molar-refractivity contribution in [3.05, 3.63) is 56.6 Å². The van der Waals surface area contributed by atoms with E-state index < -0.39 is 26.1 Å². The molecule has 0 radical (unpaired) electrons. The third kappa shape index (κ3) is 9.46. The number of fused-ring (bicyclic) bond motifs is 4. The first-order chi connectivity index (χ1) is 21.7. The molecule has 0 heterocycles. The minimum Gasteiger partial charge on any atom is -0.387 e. The molecule has 12 heteroatoms. The third-order valence-electron chi connectivity index (χ3n) is 8.64. The van der Waals surface area contributed by atoms with Crippen LogP contribution in [-0.2, 0) is 71.4 Å². The highest BCUT2D eigenvalue weighted by atomic mass is 32.2. The molecule has 2 aromatic rings. The maximum Gasteiger partial charge on any atom is 0.332 e. The highest BCUT2D eigenvalue weighted by molar-refractivity contribution is 7.90. The molecular formula is C34H48N4O6S2. The van der Waals surface area contributed by atoms with Gasteiger partial charge in [-0.3, -0.25) is 0 Å². The summed E-state index contributed by atoms with van der Waals surface area (Å²) in [6, 6.07) is 3.98. The van der Waals surface area contributed by atoms with Gasteiger partial charge in [-0.2, -0.15) is 0 Å². The summed E-state index contributed by atoms with van der Waals surface area (Å²) in [5.74, 6) is 1.04. The van der Waals surface area contributed by atoms with E-state index >= 15 is 0 Å². The van der Waals surface area contributed by atoms with Crippen molar-refractivity contribution in [3.8, 4) is 12.0 Å². The van der Waals surface area contributed by atoms with Crippen LogP contribution < -0.4 is 19.9 Å². The molecule has 10 nitrogen and oxygen atoms in total. The molecule has 0 fully saturated rings. The largest absolute Gasteiger partial charge is 0.387 e. The van der Waals surface area contributed by atoms with Crippen LogP contribution in [0.25, 0.3) is 0 Å². The second-order valence-electron chi connectivity index (χ2n) is 13.6. The maximum atomic E-state index is 12.2. The Balaban J connectivity index is 0.000000178. The number of amides is 2. The van der Waals surface area contributed by atoms with Gasteiger partial charge in [0.1, 0.15) is 5.75 Å². The summed E-state index contributed by atoms with van der Waals surface area (Å²) in [5, 5.41) is 16.3. The Morgan fingerprint density at radius 2 is 1.17 bits per heavy atom. The lowest BCUT2D eigenvalue weighted by atomic mass is 9.99. The Morgan fingerprint density at radius 3 is 1.54 bits per heavy atom. The van der Waals surface area contributed by atoms with E-state index in [9.17, 15) is 21.6 Å². The van der Waals surface area contributed by atoms with Crippen molar-refractivity contribution >= 4 is 31.8 Å². The summed E-state index contributed by atoms with van der Waals surface area (Å²) < 4.78 is 51.7. The van der Waals surface area contributed by atoms with E-state index in [0.29, 0.717) is 0 Å². The van der Waals surface area contributed by atoms with Gasteiger partial charge < -0.3 is 10.1 Å². The summed E-state index contributed by atoms with van der Waals surface area (Å²) in [6.45, 7) is 7.25. The number of anilines is 1. The highest BCUT2D eigenvalue weighted by Gasteiger charge is 2.27. The van der Waals surface area contributed by atoms with Gasteiger partial charge in [-0.05, 0) is 133 Å². The average Bonchev–Trinajstić information content (AvgIpc) is 3.73. The predicted molar refractivity (Wildman–Crippen MR) is 181 cm³/mol. The Kier molecular flexibility index (Phi) is 11.8. The molecule has 2 amide bonds. The average molecular weight is 673 g/mol. The lowest BCUT2D eigenvalue weighted by Crippen LogP contribution is -2.37. The SMILES string of the molecule is CC(C)CS(=O)(=O)NC(=O)Nc1c2c(cc3c1CCC3)CCC2.CC(C)CS(N)(=O)=O.N#COc1c2c(cc3c1CCC3)CCC2. The Morgan fingerprint density at radius 1 is 0.761 bits per heavy atom. The number of nitriles is 1. The number of urea groups is 1.